The molecule has 0 spiro atoms. The van der Waals surface area contributed by atoms with Gasteiger partial charge in [-0.1, -0.05) is 29.8 Å². The Balaban J connectivity index is 1.62. The lowest BCUT2D eigenvalue weighted by atomic mass is 10.0. The van der Waals surface area contributed by atoms with Crippen molar-refractivity contribution in [2.75, 3.05) is 13.7 Å². The predicted molar refractivity (Wildman–Crippen MR) is 153 cm³/mol. The highest BCUT2D eigenvalue weighted by atomic mass is 79.9. The molecule has 0 saturated heterocycles. The molecule has 0 aromatic heterocycles. The molecule has 0 radical (unpaired) electrons. The highest BCUT2D eigenvalue weighted by Gasteiger charge is 2.18. The van der Waals surface area contributed by atoms with Crippen molar-refractivity contribution in [1.82, 2.24) is 5.43 Å². The Morgan fingerprint density at radius 1 is 1.10 bits per heavy atom. The highest BCUT2D eigenvalue weighted by Crippen LogP contribution is 2.40. The Morgan fingerprint density at radius 3 is 2.41 bits per heavy atom. The van der Waals surface area contributed by atoms with Crippen LogP contribution in [0.1, 0.15) is 46.8 Å². The fraction of sp³-hybridized carbons (Fsp3) is 0.222. The third-order valence-corrected chi connectivity index (χ3v) is 7.29. The third-order valence-electron chi connectivity index (χ3n) is 5.51. The molecular formula is C27H25Br2N3O7. The van der Waals surface area contributed by atoms with Gasteiger partial charge in [0.25, 0.3) is 11.6 Å². The molecule has 12 heteroatoms. The number of benzene rings is 3. The van der Waals surface area contributed by atoms with Crippen LogP contribution in [-0.4, -0.2) is 36.7 Å². The summed E-state index contributed by atoms with van der Waals surface area (Å²) in [7, 11) is 1.41. The highest BCUT2D eigenvalue weighted by molar-refractivity contribution is 9.11. The fourth-order valence-electron chi connectivity index (χ4n) is 3.36. The molecule has 0 heterocycles. The van der Waals surface area contributed by atoms with Gasteiger partial charge in [-0.2, -0.15) is 5.10 Å². The Labute approximate surface area is 241 Å². The smallest absolute Gasteiger partial charge is 0.343 e. The summed E-state index contributed by atoms with van der Waals surface area (Å²) >= 11 is 7.10. The van der Waals surface area contributed by atoms with Crippen molar-refractivity contribution in [2.24, 2.45) is 5.10 Å². The van der Waals surface area contributed by atoms with E-state index in [4.69, 9.17) is 14.2 Å². The van der Waals surface area contributed by atoms with Crippen LogP contribution < -0.4 is 19.6 Å². The topological polar surface area (TPSA) is 129 Å². The van der Waals surface area contributed by atoms with E-state index in [0.29, 0.717) is 11.3 Å². The first-order valence-corrected chi connectivity index (χ1v) is 13.2. The first-order valence-electron chi connectivity index (χ1n) is 11.6. The fourth-order valence-corrected chi connectivity index (χ4v) is 4.63. The molecule has 0 aliphatic carbocycles. The van der Waals surface area contributed by atoms with Gasteiger partial charge in [0.15, 0.2) is 18.1 Å². The number of hydrogen-bond acceptors (Lipinski definition) is 8. The second-order valence-corrected chi connectivity index (χ2v) is 10.2. The second-order valence-electron chi connectivity index (χ2n) is 8.56. The van der Waals surface area contributed by atoms with E-state index in [1.807, 2.05) is 26.8 Å². The van der Waals surface area contributed by atoms with Gasteiger partial charge in [-0.15, -0.1) is 0 Å². The molecule has 0 bridgehead atoms. The normalized spacial score (nSPS) is 10.9. The van der Waals surface area contributed by atoms with E-state index in [-0.39, 0.29) is 35.3 Å². The van der Waals surface area contributed by atoms with Crippen LogP contribution >= 0.6 is 31.9 Å². The maximum Gasteiger partial charge on any atom is 0.343 e. The van der Waals surface area contributed by atoms with Crippen LogP contribution in [0.5, 0.6) is 17.2 Å². The molecule has 3 aromatic carbocycles. The summed E-state index contributed by atoms with van der Waals surface area (Å²) in [4.78, 5) is 35.0. The Hall–Kier alpha value is -3.77. The van der Waals surface area contributed by atoms with Crippen LogP contribution in [0.25, 0.3) is 0 Å². The number of nitro benzene ring substituents is 1. The lowest BCUT2D eigenvalue weighted by Crippen LogP contribution is -2.25. The van der Waals surface area contributed by atoms with Crippen molar-refractivity contribution in [3.05, 3.63) is 89.8 Å². The molecule has 1 amide bonds. The van der Waals surface area contributed by atoms with Gasteiger partial charge in [0.1, 0.15) is 5.75 Å². The number of carbonyl (C=O) groups is 2. The van der Waals surface area contributed by atoms with Crippen molar-refractivity contribution >= 4 is 55.6 Å². The summed E-state index contributed by atoms with van der Waals surface area (Å²) in [6.07, 6.45) is 1.40. The monoisotopic (exact) mass is 661 g/mol. The minimum atomic E-state index is -0.704. The summed E-state index contributed by atoms with van der Waals surface area (Å²) < 4.78 is 18.2. The summed E-state index contributed by atoms with van der Waals surface area (Å²) in [5.74, 6) is 0.0283. The number of amides is 1. The number of nitro groups is 1. The van der Waals surface area contributed by atoms with Crippen LogP contribution in [0.3, 0.4) is 0 Å². The molecule has 10 nitrogen and oxygen atoms in total. The molecule has 0 atom stereocenters. The maximum atomic E-state index is 12.4. The number of methoxy groups -OCH3 is 1. The molecule has 0 aliphatic rings. The summed E-state index contributed by atoms with van der Waals surface area (Å²) in [6.45, 7) is 5.77. The van der Waals surface area contributed by atoms with Gasteiger partial charge < -0.3 is 14.2 Å². The number of ether oxygens (including phenoxy) is 3. The van der Waals surface area contributed by atoms with Crippen LogP contribution in [-0.2, 0) is 4.79 Å². The number of non-ortho nitro benzene ring substituents is 1. The Morgan fingerprint density at radius 2 is 1.79 bits per heavy atom. The average molecular weight is 663 g/mol. The van der Waals surface area contributed by atoms with Gasteiger partial charge in [0, 0.05) is 16.6 Å². The molecule has 204 valence electrons. The third kappa shape index (κ3) is 7.64. The van der Waals surface area contributed by atoms with Crippen molar-refractivity contribution in [2.45, 2.75) is 26.7 Å². The molecular weight excluding hydrogens is 638 g/mol. The minimum Gasteiger partial charge on any atom is -0.493 e. The van der Waals surface area contributed by atoms with E-state index >= 15 is 0 Å². The molecule has 3 rings (SSSR count). The zero-order valence-electron chi connectivity index (χ0n) is 21.5. The molecule has 0 saturated carbocycles. The van der Waals surface area contributed by atoms with Crippen molar-refractivity contribution < 1.29 is 28.7 Å². The van der Waals surface area contributed by atoms with Crippen LogP contribution in [0, 0.1) is 17.0 Å². The van der Waals surface area contributed by atoms with Crippen LogP contribution in [0.4, 0.5) is 5.69 Å². The number of esters is 1. The zero-order chi connectivity index (χ0) is 28.7. The number of halogens is 2. The maximum absolute atomic E-state index is 12.4. The number of nitrogens with one attached hydrogen (secondary N) is 1. The van der Waals surface area contributed by atoms with Gasteiger partial charge in [-0.25, -0.2) is 10.2 Å². The van der Waals surface area contributed by atoms with Gasteiger partial charge in [-0.3, -0.25) is 14.9 Å². The Kier molecular flexibility index (Phi) is 10.2. The van der Waals surface area contributed by atoms with E-state index in [0.717, 1.165) is 20.1 Å². The minimum absolute atomic E-state index is 0.136. The van der Waals surface area contributed by atoms with Gasteiger partial charge in [0.2, 0.25) is 0 Å². The quantitative estimate of drug-likeness (QED) is 0.0886. The number of carbonyl (C=O) groups excluding carboxylic acids is 2. The summed E-state index contributed by atoms with van der Waals surface area (Å²) in [6, 6.07) is 11.7. The van der Waals surface area contributed by atoms with Crippen LogP contribution in [0.15, 0.2) is 62.6 Å². The van der Waals surface area contributed by atoms with E-state index in [9.17, 15) is 19.7 Å². The summed E-state index contributed by atoms with van der Waals surface area (Å²) in [5, 5.41) is 14.7. The molecule has 0 aliphatic heterocycles. The van der Waals surface area contributed by atoms with Gasteiger partial charge >= 0.3 is 5.97 Å². The number of nitrogens with zero attached hydrogens (tertiary/aromatic N) is 2. The average Bonchev–Trinajstić information content (AvgIpc) is 2.91. The molecule has 3 aromatic rings. The van der Waals surface area contributed by atoms with E-state index in [2.05, 4.69) is 42.4 Å². The molecule has 1 N–H and O–H groups in total. The molecule has 39 heavy (non-hydrogen) atoms. The first-order chi connectivity index (χ1) is 18.5. The molecule has 0 fully saturated rings. The van der Waals surface area contributed by atoms with Crippen molar-refractivity contribution in [3.8, 4) is 17.2 Å². The SMILES string of the molecule is COc1cc(/C=N\NC(=O)COc2c(C(C)C)cc(Br)c(C)c2Br)ccc1OC(=O)c1ccc([N+](=O)[O-])cc1. The van der Waals surface area contributed by atoms with Gasteiger partial charge in [0.05, 0.1) is 28.3 Å². The van der Waals surface area contributed by atoms with Crippen molar-refractivity contribution in [3.63, 3.8) is 0 Å². The zero-order valence-corrected chi connectivity index (χ0v) is 24.7. The Bertz CT molecular complexity index is 1420. The standard InChI is InChI=1S/C27H25Br2N3O7/c1-15(2)20-12-21(28)16(3)25(29)26(20)38-14-24(33)31-30-13-17-5-10-22(23(11-17)37-4)39-27(34)18-6-8-19(9-7-18)32(35)36/h5-13,15H,14H2,1-4H3,(H,31,33)/b30-13-. The number of hydrazone groups is 1. The summed E-state index contributed by atoms with van der Waals surface area (Å²) in [5.41, 5.74) is 4.91. The lowest BCUT2D eigenvalue weighted by molar-refractivity contribution is -0.384. The number of hydrogen-bond donors (Lipinski definition) is 1. The van der Waals surface area contributed by atoms with Crippen molar-refractivity contribution in [1.29, 1.82) is 0 Å². The largest absolute Gasteiger partial charge is 0.493 e. The lowest BCUT2D eigenvalue weighted by Gasteiger charge is -2.18. The molecule has 0 unspecified atom stereocenters. The second kappa shape index (κ2) is 13.3. The van der Waals surface area contributed by atoms with E-state index in [1.165, 1.54) is 43.7 Å². The number of rotatable bonds is 10. The van der Waals surface area contributed by atoms with Crippen LogP contribution in [0.2, 0.25) is 0 Å². The van der Waals surface area contributed by atoms with E-state index in [1.54, 1.807) is 12.1 Å². The van der Waals surface area contributed by atoms with E-state index < -0.39 is 16.8 Å². The predicted octanol–water partition coefficient (Wildman–Crippen LogP) is 6.31. The van der Waals surface area contributed by atoms with Gasteiger partial charge in [-0.05, 0) is 81.9 Å². The first kappa shape index (κ1) is 29.8.